The molecule has 0 saturated carbocycles. The maximum atomic E-state index is 13.6. The number of nitrogens with one attached hydrogen (secondary N) is 1. The highest BCUT2D eigenvalue weighted by molar-refractivity contribution is 6.37. The number of rotatable bonds is 7. The van der Waals surface area contributed by atoms with Crippen LogP contribution in [0.2, 0.25) is 0 Å². The third kappa shape index (κ3) is 5.83. The zero-order valence-electron chi connectivity index (χ0n) is 31.4. The lowest BCUT2D eigenvalue weighted by Crippen LogP contribution is -2.48. The summed E-state index contributed by atoms with van der Waals surface area (Å²) in [5.41, 5.74) is -0.578. The highest BCUT2D eigenvalue weighted by Crippen LogP contribution is 2.39. The molecule has 1 N–H and O–H groups in total. The van der Waals surface area contributed by atoms with Gasteiger partial charge in [-0.15, -0.1) is 0 Å². The SMILES string of the molecule is [2H]c1c([2H])c([2H])c(/C(Cc2c([2H])c([2H])c(N(C)C(=O)CN3CCN(C)CC3)c([2H])c2[2H])=C2/C(=O)Nc3cc(C(=O)OC)ccc32)c([2H])c1[2H]. The van der Waals surface area contributed by atoms with Crippen LogP contribution >= 0.6 is 0 Å². The predicted octanol–water partition coefficient (Wildman–Crippen LogP) is 3.79. The fourth-order valence-corrected chi connectivity index (χ4v) is 4.61. The molecule has 3 aromatic rings. The molecule has 8 nitrogen and oxygen atoms in total. The van der Waals surface area contributed by atoms with E-state index in [4.69, 9.17) is 17.1 Å². The monoisotopic (exact) mass is 547 g/mol. The molecule has 1 saturated heterocycles. The van der Waals surface area contributed by atoms with Gasteiger partial charge in [-0.3, -0.25) is 14.5 Å². The lowest BCUT2D eigenvalue weighted by Gasteiger charge is -2.32. The van der Waals surface area contributed by atoms with Crippen molar-refractivity contribution in [1.29, 1.82) is 0 Å². The van der Waals surface area contributed by atoms with Crippen molar-refractivity contribution in [2.24, 2.45) is 0 Å². The van der Waals surface area contributed by atoms with Crippen LogP contribution in [0.5, 0.6) is 0 Å². The van der Waals surface area contributed by atoms with Gasteiger partial charge in [-0.05, 0) is 54.4 Å². The Hall–Kier alpha value is -4.27. The Labute approximate surface area is 247 Å². The number of hydrogen-bond acceptors (Lipinski definition) is 6. The zero-order chi connectivity index (χ0) is 36.1. The Morgan fingerprint density at radius 1 is 1.00 bits per heavy atom. The largest absolute Gasteiger partial charge is 0.465 e. The topological polar surface area (TPSA) is 82.2 Å². The fourth-order valence-electron chi connectivity index (χ4n) is 4.61. The Balaban J connectivity index is 1.67. The van der Waals surface area contributed by atoms with Crippen molar-refractivity contribution in [1.82, 2.24) is 9.80 Å². The van der Waals surface area contributed by atoms with Crippen LogP contribution in [-0.4, -0.2) is 81.5 Å². The van der Waals surface area contributed by atoms with Crippen LogP contribution < -0.4 is 10.2 Å². The second kappa shape index (κ2) is 11.9. The molecule has 0 atom stereocenters. The molecular formula is C32H34N4O4. The van der Waals surface area contributed by atoms with E-state index in [0.29, 0.717) is 13.1 Å². The first kappa shape index (κ1) is 18.1. The summed E-state index contributed by atoms with van der Waals surface area (Å²) in [5.74, 6) is -1.83. The summed E-state index contributed by atoms with van der Waals surface area (Å²) < 4.78 is 82.2. The fraction of sp³-hybridized carbons (Fsp3) is 0.281. The Kier molecular flexibility index (Phi) is 5.38. The van der Waals surface area contributed by atoms with E-state index in [9.17, 15) is 14.4 Å². The van der Waals surface area contributed by atoms with Gasteiger partial charge in [0, 0.05) is 50.2 Å². The summed E-state index contributed by atoms with van der Waals surface area (Å²) in [7, 11) is 4.56. The lowest BCUT2D eigenvalue weighted by molar-refractivity contribution is -0.119. The Bertz CT molecular complexity index is 1890. The number of amides is 2. The molecule has 2 amide bonds. The number of carbonyl (C=O) groups excluding carboxylic acids is 3. The number of esters is 1. The summed E-state index contributed by atoms with van der Waals surface area (Å²) in [4.78, 5) is 44.2. The normalized spacial score (nSPS) is 19.9. The number of piperazine rings is 1. The molecule has 0 spiro atoms. The average molecular weight is 548 g/mol. The van der Waals surface area contributed by atoms with Gasteiger partial charge in [-0.25, -0.2) is 4.79 Å². The van der Waals surface area contributed by atoms with Crippen molar-refractivity contribution >= 4 is 40.3 Å². The van der Waals surface area contributed by atoms with E-state index in [1.165, 1.54) is 32.4 Å². The van der Waals surface area contributed by atoms with E-state index < -0.39 is 78.6 Å². The number of hydrogen-bond donors (Lipinski definition) is 1. The molecule has 40 heavy (non-hydrogen) atoms. The number of carbonyl (C=O) groups is 3. The van der Waals surface area contributed by atoms with Crippen LogP contribution in [0.1, 0.15) is 39.4 Å². The lowest BCUT2D eigenvalue weighted by atomic mass is 9.90. The molecule has 0 unspecified atom stereocenters. The zero-order valence-corrected chi connectivity index (χ0v) is 22.4. The maximum absolute atomic E-state index is 13.6. The standard InChI is InChI=1S/C32H34N4O4/c1-34-15-17-36(18-16-34)21-29(37)35(2)25-12-9-22(10-13-25)19-27(23-7-5-4-6-8-23)30-26-14-11-24(32(39)40-3)20-28(26)33-31(30)38/h4-14,20H,15-19,21H2,1-3H3,(H,33,38)/b30-27+/i4D,5D,6D,7D,8D,9D,10D,12D,13D. The summed E-state index contributed by atoms with van der Waals surface area (Å²) in [6.07, 6.45) is -0.552. The van der Waals surface area contributed by atoms with E-state index in [0.717, 1.165) is 18.0 Å². The molecule has 2 aliphatic rings. The number of anilines is 2. The van der Waals surface area contributed by atoms with Crippen molar-refractivity contribution in [3.05, 3.63) is 94.8 Å². The summed E-state index contributed by atoms with van der Waals surface area (Å²) in [5, 5.41) is 2.63. The third-order valence-corrected chi connectivity index (χ3v) is 6.97. The van der Waals surface area contributed by atoms with E-state index in [-0.39, 0.29) is 51.3 Å². The van der Waals surface area contributed by atoms with Crippen LogP contribution in [0.15, 0.2) is 72.6 Å². The highest BCUT2D eigenvalue weighted by Gasteiger charge is 2.29. The first-order chi connectivity index (χ1) is 23.1. The second-order valence-corrected chi connectivity index (χ2v) is 9.60. The van der Waals surface area contributed by atoms with Gasteiger partial charge in [0.15, 0.2) is 0 Å². The average Bonchev–Trinajstić information content (AvgIpc) is 3.41. The maximum Gasteiger partial charge on any atom is 0.337 e. The minimum atomic E-state index is -0.736. The molecule has 5 rings (SSSR count). The number of methoxy groups -OCH3 is 1. The van der Waals surface area contributed by atoms with Gasteiger partial charge in [-0.1, -0.05) is 48.4 Å². The molecule has 0 aromatic heterocycles. The smallest absolute Gasteiger partial charge is 0.337 e. The van der Waals surface area contributed by atoms with Crippen LogP contribution in [0.4, 0.5) is 11.4 Å². The van der Waals surface area contributed by atoms with Gasteiger partial charge in [0.1, 0.15) is 0 Å². The van der Waals surface area contributed by atoms with Crippen LogP contribution in [0.25, 0.3) is 11.1 Å². The van der Waals surface area contributed by atoms with Crippen molar-refractivity contribution in [2.75, 3.05) is 64.1 Å². The number of allylic oxidation sites excluding steroid dienone is 1. The molecule has 0 aliphatic carbocycles. The third-order valence-electron chi connectivity index (χ3n) is 6.97. The molecule has 206 valence electrons. The second-order valence-electron chi connectivity index (χ2n) is 9.60. The van der Waals surface area contributed by atoms with Crippen molar-refractivity contribution in [3.63, 3.8) is 0 Å². The van der Waals surface area contributed by atoms with Gasteiger partial charge >= 0.3 is 5.97 Å². The van der Waals surface area contributed by atoms with E-state index in [2.05, 4.69) is 10.2 Å². The van der Waals surface area contributed by atoms with Gasteiger partial charge in [0.2, 0.25) is 5.91 Å². The van der Waals surface area contributed by atoms with E-state index >= 15 is 0 Å². The Morgan fingerprint density at radius 3 is 2.38 bits per heavy atom. The molecule has 0 bridgehead atoms. The first-order valence-electron chi connectivity index (χ1n) is 17.2. The highest BCUT2D eigenvalue weighted by atomic mass is 16.5. The molecule has 8 heteroatoms. The van der Waals surface area contributed by atoms with Gasteiger partial charge < -0.3 is 19.9 Å². The van der Waals surface area contributed by atoms with Crippen molar-refractivity contribution < 1.29 is 31.5 Å². The van der Waals surface area contributed by atoms with Crippen LogP contribution in [-0.2, 0) is 20.7 Å². The number of likely N-dealkylation sites (N-methyl/N-ethyl adjacent to an activating group) is 2. The first-order valence-corrected chi connectivity index (χ1v) is 12.7. The summed E-state index contributed by atoms with van der Waals surface area (Å²) in [6.45, 7) is 2.86. The minimum Gasteiger partial charge on any atom is -0.465 e. The van der Waals surface area contributed by atoms with Gasteiger partial charge in [-0.2, -0.15) is 0 Å². The van der Waals surface area contributed by atoms with Gasteiger partial charge in [0.25, 0.3) is 5.91 Å². The molecule has 3 aromatic carbocycles. The minimum absolute atomic E-state index is 0.0174. The van der Waals surface area contributed by atoms with Gasteiger partial charge in [0.05, 0.1) is 37.1 Å². The molecule has 2 aliphatic heterocycles. The molecular weight excluding hydrogens is 504 g/mol. The molecule has 0 radical (unpaired) electrons. The van der Waals surface area contributed by atoms with E-state index in [1.54, 1.807) is 0 Å². The number of nitrogens with zero attached hydrogens (tertiary/aromatic N) is 3. The van der Waals surface area contributed by atoms with Crippen molar-refractivity contribution in [2.45, 2.75) is 6.42 Å². The number of benzene rings is 3. The van der Waals surface area contributed by atoms with Crippen LogP contribution in [0.3, 0.4) is 0 Å². The number of ether oxygens (including phenoxy) is 1. The number of fused-ring (bicyclic) bond motifs is 1. The quantitative estimate of drug-likeness (QED) is 0.358. The molecule has 1 fully saturated rings. The molecule has 2 heterocycles. The van der Waals surface area contributed by atoms with E-state index in [1.807, 2.05) is 11.9 Å². The predicted molar refractivity (Wildman–Crippen MR) is 157 cm³/mol. The van der Waals surface area contributed by atoms with Crippen LogP contribution in [0, 0.1) is 0 Å². The Morgan fingerprint density at radius 2 is 1.70 bits per heavy atom. The summed E-state index contributed by atoms with van der Waals surface area (Å²) >= 11 is 0. The summed E-state index contributed by atoms with van der Waals surface area (Å²) in [6, 6.07) is -1.19. The van der Waals surface area contributed by atoms with Crippen molar-refractivity contribution in [3.8, 4) is 0 Å².